The van der Waals surface area contributed by atoms with Crippen molar-refractivity contribution < 1.29 is 14.0 Å². The molecule has 0 radical (unpaired) electrons. The highest BCUT2D eigenvalue weighted by molar-refractivity contribution is 8.00. The third-order valence-electron chi connectivity index (χ3n) is 3.77. The molecule has 1 aliphatic heterocycles. The van der Waals surface area contributed by atoms with Gasteiger partial charge in [0.15, 0.2) is 0 Å². The van der Waals surface area contributed by atoms with Crippen LogP contribution < -0.4 is 10.6 Å². The van der Waals surface area contributed by atoms with Crippen LogP contribution in [0.4, 0.5) is 10.1 Å². The van der Waals surface area contributed by atoms with Crippen molar-refractivity contribution in [2.75, 3.05) is 5.32 Å². The first-order valence-corrected chi connectivity index (χ1v) is 8.51. The molecule has 4 nitrogen and oxygen atoms in total. The predicted octanol–water partition coefficient (Wildman–Crippen LogP) is 3.12. The molecular formula is C18H17FN2O2S. The number of amides is 2. The van der Waals surface area contributed by atoms with Crippen molar-refractivity contribution in [1.29, 1.82) is 0 Å². The highest BCUT2D eigenvalue weighted by Crippen LogP contribution is 2.35. The highest BCUT2D eigenvalue weighted by Gasteiger charge is 2.22. The third kappa shape index (κ3) is 3.76. The van der Waals surface area contributed by atoms with Gasteiger partial charge in [-0.05, 0) is 36.2 Å². The molecule has 0 aliphatic carbocycles. The molecule has 0 aromatic heterocycles. The van der Waals surface area contributed by atoms with Crippen LogP contribution in [0.25, 0.3) is 0 Å². The maximum absolute atomic E-state index is 13.5. The van der Waals surface area contributed by atoms with Gasteiger partial charge in [-0.15, -0.1) is 11.8 Å². The molecule has 2 aromatic rings. The summed E-state index contributed by atoms with van der Waals surface area (Å²) in [5.41, 5.74) is 2.02. The molecule has 0 fully saturated rings. The molecule has 1 unspecified atom stereocenters. The minimum Gasteiger partial charge on any atom is -0.352 e. The van der Waals surface area contributed by atoms with E-state index in [0.717, 1.165) is 16.1 Å². The van der Waals surface area contributed by atoms with E-state index in [4.69, 9.17) is 0 Å². The summed E-state index contributed by atoms with van der Waals surface area (Å²) in [6.45, 7) is 2.19. The Morgan fingerprint density at radius 1 is 1.29 bits per heavy atom. The maximum atomic E-state index is 13.5. The van der Waals surface area contributed by atoms with Gasteiger partial charge < -0.3 is 10.6 Å². The molecule has 0 saturated carbocycles. The second-order valence-electron chi connectivity index (χ2n) is 5.62. The minimum atomic E-state index is -0.379. The van der Waals surface area contributed by atoms with Crippen LogP contribution in [-0.4, -0.2) is 17.1 Å². The van der Waals surface area contributed by atoms with Crippen LogP contribution in [0.3, 0.4) is 0 Å². The van der Waals surface area contributed by atoms with Crippen LogP contribution in [0.2, 0.25) is 0 Å². The quantitative estimate of drug-likeness (QED) is 0.896. The number of carbonyl (C=O) groups excluding carboxylic acids is 2. The Morgan fingerprint density at radius 2 is 2.08 bits per heavy atom. The molecule has 0 bridgehead atoms. The van der Waals surface area contributed by atoms with Gasteiger partial charge in [0.05, 0.1) is 17.4 Å². The van der Waals surface area contributed by atoms with Crippen molar-refractivity contribution in [2.24, 2.45) is 0 Å². The summed E-state index contributed by atoms with van der Waals surface area (Å²) >= 11 is 1.52. The summed E-state index contributed by atoms with van der Waals surface area (Å²) < 4.78 is 13.5. The van der Waals surface area contributed by atoms with E-state index in [1.807, 2.05) is 25.1 Å². The summed E-state index contributed by atoms with van der Waals surface area (Å²) in [5.74, 6) is -0.645. The van der Waals surface area contributed by atoms with Crippen molar-refractivity contribution in [3.63, 3.8) is 0 Å². The Morgan fingerprint density at radius 3 is 2.88 bits per heavy atom. The fourth-order valence-corrected chi connectivity index (χ4v) is 3.37. The molecule has 2 aromatic carbocycles. The fourth-order valence-electron chi connectivity index (χ4n) is 2.44. The number of halogens is 1. The Bertz CT molecular complexity index is 794. The summed E-state index contributed by atoms with van der Waals surface area (Å²) in [4.78, 5) is 24.7. The van der Waals surface area contributed by atoms with Crippen LogP contribution in [-0.2, 0) is 22.6 Å². The van der Waals surface area contributed by atoms with E-state index in [1.54, 1.807) is 18.2 Å². The number of anilines is 1. The normalized spacial score (nSPS) is 16.2. The number of thioether (sulfide) groups is 1. The highest BCUT2D eigenvalue weighted by atomic mass is 32.2. The molecule has 3 rings (SSSR count). The Balaban J connectivity index is 1.61. The molecule has 1 atom stereocenters. The lowest BCUT2D eigenvalue weighted by Gasteiger charge is -2.22. The second kappa shape index (κ2) is 7.05. The lowest BCUT2D eigenvalue weighted by atomic mass is 10.1. The number of hydrogen-bond donors (Lipinski definition) is 2. The minimum absolute atomic E-state index is 0.00170. The van der Waals surface area contributed by atoms with Crippen molar-refractivity contribution in [3.8, 4) is 0 Å². The van der Waals surface area contributed by atoms with Crippen molar-refractivity contribution in [1.82, 2.24) is 5.32 Å². The van der Waals surface area contributed by atoms with E-state index < -0.39 is 0 Å². The molecular weight excluding hydrogens is 327 g/mol. The zero-order valence-electron chi connectivity index (χ0n) is 13.1. The van der Waals surface area contributed by atoms with Crippen LogP contribution >= 0.6 is 11.8 Å². The summed E-state index contributed by atoms with van der Waals surface area (Å²) in [6, 6.07) is 12.0. The average Bonchev–Trinajstić information content (AvgIpc) is 2.56. The van der Waals surface area contributed by atoms with Gasteiger partial charge >= 0.3 is 0 Å². The Kier molecular flexibility index (Phi) is 4.85. The molecule has 2 N–H and O–H groups in total. The summed E-state index contributed by atoms with van der Waals surface area (Å²) in [5, 5.41) is 5.53. The average molecular weight is 344 g/mol. The molecule has 24 heavy (non-hydrogen) atoms. The van der Waals surface area contributed by atoms with Gasteiger partial charge in [0.25, 0.3) is 0 Å². The van der Waals surface area contributed by atoms with Crippen molar-refractivity contribution in [3.05, 3.63) is 59.4 Å². The first-order chi connectivity index (χ1) is 11.5. The molecule has 124 valence electrons. The van der Waals surface area contributed by atoms with Crippen molar-refractivity contribution in [2.45, 2.75) is 30.0 Å². The van der Waals surface area contributed by atoms with Gasteiger partial charge in [0.1, 0.15) is 5.82 Å². The van der Waals surface area contributed by atoms with E-state index in [0.29, 0.717) is 12.1 Å². The van der Waals surface area contributed by atoms with Gasteiger partial charge in [-0.3, -0.25) is 9.59 Å². The van der Waals surface area contributed by atoms with E-state index >= 15 is 0 Å². The number of nitrogens with one attached hydrogen (secondary N) is 2. The fraction of sp³-hybridized carbons (Fsp3) is 0.222. The van der Waals surface area contributed by atoms with Gasteiger partial charge in [0.2, 0.25) is 11.8 Å². The van der Waals surface area contributed by atoms with Crippen LogP contribution in [0, 0.1) is 5.82 Å². The SMILES string of the molecule is CC1Sc2ccc(CNC(=O)Cc3ccccc3F)cc2NC1=O. The topological polar surface area (TPSA) is 58.2 Å². The maximum Gasteiger partial charge on any atom is 0.237 e. The Labute approximate surface area is 143 Å². The van der Waals surface area contributed by atoms with E-state index in [-0.39, 0.29) is 29.3 Å². The first-order valence-electron chi connectivity index (χ1n) is 7.63. The van der Waals surface area contributed by atoms with Crippen LogP contribution in [0.1, 0.15) is 18.1 Å². The molecule has 0 spiro atoms. The van der Waals surface area contributed by atoms with Crippen molar-refractivity contribution >= 4 is 29.3 Å². The summed E-state index contributed by atoms with van der Waals surface area (Å²) in [7, 11) is 0. The molecule has 1 heterocycles. The van der Waals surface area contributed by atoms with Crippen LogP contribution in [0.5, 0.6) is 0 Å². The standard InChI is InChI=1S/C18H17FN2O2S/c1-11-18(23)21-15-8-12(6-7-16(15)24-11)10-20-17(22)9-13-4-2-3-5-14(13)19/h2-8,11H,9-10H2,1H3,(H,20,22)(H,21,23). The lowest BCUT2D eigenvalue weighted by molar-refractivity contribution is -0.120. The van der Waals surface area contributed by atoms with Crippen LogP contribution in [0.15, 0.2) is 47.4 Å². The number of carbonyl (C=O) groups is 2. The van der Waals surface area contributed by atoms with E-state index in [9.17, 15) is 14.0 Å². The summed E-state index contributed by atoms with van der Waals surface area (Å²) in [6.07, 6.45) is 0.00170. The molecule has 1 aliphatic rings. The number of rotatable bonds is 4. The Hall–Kier alpha value is -2.34. The molecule has 0 saturated heterocycles. The van der Waals surface area contributed by atoms with E-state index in [2.05, 4.69) is 10.6 Å². The zero-order valence-corrected chi connectivity index (χ0v) is 14.0. The molecule has 6 heteroatoms. The second-order valence-corrected chi connectivity index (χ2v) is 7.01. The monoisotopic (exact) mass is 344 g/mol. The predicted molar refractivity (Wildman–Crippen MR) is 92.3 cm³/mol. The van der Waals surface area contributed by atoms with E-state index in [1.165, 1.54) is 17.8 Å². The molecule has 2 amide bonds. The smallest absolute Gasteiger partial charge is 0.237 e. The third-order valence-corrected chi connectivity index (χ3v) is 4.95. The lowest BCUT2D eigenvalue weighted by Crippen LogP contribution is -2.27. The van der Waals surface area contributed by atoms with Gasteiger partial charge in [0, 0.05) is 11.4 Å². The van der Waals surface area contributed by atoms with Gasteiger partial charge in [-0.1, -0.05) is 24.3 Å². The number of benzene rings is 2. The zero-order chi connectivity index (χ0) is 17.1. The largest absolute Gasteiger partial charge is 0.352 e. The number of fused-ring (bicyclic) bond motifs is 1. The van der Waals surface area contributed by atoms with Gasteiger partial charge in [-0.2, -0.15) is 0 Å². The number of hydrogen-bond acceptors (Lipinski definition) is 3. The van der Waals surface area contributed by atoms with Gasteiger partial charge in [-0.25, -0.2) is 4.39 Å². The first kappa shape index (κ1) is 16.5.